The van der Waals surface area contributed by atoms with Crippen LogP contribution in [0, 0.1) is 0 Å². The van der Waals surface area contributed by atoms with E-state index >= 15 is 0 Å². The van der Waals surface area contributed by atoms with Gasteiger partial charge in [-0.05, 0) is 19.3 Å². The Morgan fingerprint density at radius 2 is 1.00 bits per heavy atom. The lowest BCUT2D eigenvalue weighted by Crippen LogP contribution is -2.49. The third-order valence-corrected chi connectivity index (χ3v) is 6.99. The monoisotopic (exact) mass is 618 g/mol. The Morgan fingerprint density at radius 1 is 0.605 bits per heavy atom. The Bertz CT molecular complexity index is 847. The van der Waals surface area contributed by atoms with E-state index in [-0.39, 0.29) is 90.0 Å². The molecule has 1 rings (SSSR count). The predicted molar refractivity (Wildman–Crippen MR) is 155 cm³/mol. The average molecular weight is 619 g/mol. The average Bonchev–Trinajstić information content (AvgIpc) is 2.89. The molecular weight excluding hydrogens is 568 g/mol. The number of carbonyl (C=O) groups excluding carboxylic acids is 2. The molecule has 16 heteroatoms. The molecule has 0 bridgehead atoms. The van der Waals surface area contributed by atoms with Crippen LogP contribution in [0.1, 0.15) is 39.0 Å². The van der Waals surface area contributed by atoms with Gasteiger partial charge in [-0.2, -0.15) is 0 Å². The molecule has 1 fully saturated rings. The van der Waals surface area contributed by atoms with Crippen molar-refractivity contribution in [2.75, 3.05) is 91.6 Å². The Labute approximate surface area is 252 Å². The van der Waals surface area contributed by atoms with Crippen molar-refractivity contribution in [3.63, 3.8) is 0 Å². The molecule has 0 radical (unpaired) electrons. The number of nitrogens with one attached hydrogen (secondary N) is 2. The van der Waals surface area contributed by atoms with Crippen LogP contribution < -0.4 is 10.6 Å². The number of carbonyl (C=O) groups is 5. The van der Waals surface area contributed by atoms with Gasteiger partial charge in [0, 0.05) is 65.4 Å². The van der Waals surface area contributed by atoms with Gasteiger partial charge in [0.2, 0.25) is 11.8 Å². The molecule has 248 valence electrons. The number of aliphatic hydroxyl groups is 2. The molecule has 16 nitrogen and oxygen atoms in total. The second kappa shape index (κ2) is 21.7. The summed E-state index contributed by atoms with van der Waals surface area (Å²) in [7, 11) is 0. The Kier molecular flexibility index (Phi) is 19.3. The van der Waals surface area contributed by atoms with Crippen LogP contribution in [-0.4, -0.2) is 179 Å². The highest BCUT2D eigenvalue weighted by Crippen LogP contribution is 2.06. The smallest absolute Gasteiger partial charge is 0.317 e. The van der Waals surface area contributed by atoms with Gasteiger partial charge in [0.25, 0.3) is 0 Å². The zero-order chi connectivity index (χ0) is 32.2. The van der Waals surface area contributed by atoms with Crippen LogP contribution in [0.2, 0.25) is 0 Å². The van der Waals surface area contributed by atoms with Crippen molar-refractivity contribution in [1.82, 2.24) is 30.2 Å². The van der Waals surface area contributed by atoms with Crippen LogP contribution in [0.4, 0.5) is 0 Å². The number of rotatable bonds is 18. The molecule has 0 aromatic heterocycles. The van der Waals surface area contributed by atoms with Gasteiger partial charge in [0.15, 0.2) is 0 Å². The summed E-state index contributed by atoms with van der Waals surface area (Å²) in [5.74, 6) is -3.72. The van der Waals surface area contributed by atoms with Crippen molar-refractivity contribution in [2.24, 2.45) is 0 Å². The summed E-state index contributed by atoms with van der Waals surface area (Å²) < 4.78 is 0. The lowest BCUT2D eigenvalue weighted by atomic mass is 10.1. The summed E-state index contributed by atoms with van der Waals surface area (Å²) in [6.07, 6.45) is -0.0961. The van der Waals surface area contributed by atoms with Crippen LogP contribution in [0.5, 0.6) is 0 Å². The van der Waals surface area contributed by atoms with Crippen LogP contribution in [0.15, 0.2) is 0 Å². The van der Waals surface area contributed by atoms with Crippen molar-refractivity contribution in [1.29, 1.82) is 0 Å². The fourth-order valence-electron chi connectivity index (χ4n) is 4.63. The molecule has 1 saturated heterocycles. The largest absolute Gasteiger partial charge is 0.480 e. The van der Waals surface area contributed by atoms with Crippen molar-refractivity contribution >= 4 is 29.7 Å². The molecule has 2 unspecified atom stereocenters. The van der Waals surface area contributed by atoms with Crippen molar-refractivity contribution in [3.8, 4) is 0 Å². The number of aliphatic carboxylic acids is 3. The molecule has 1 heterocycles. The van der Waals surface area contributed by atoms with Crippen LogP contribution in [0.3, 0.4) is 0 Å². The number of amides is 2. The van der Waals surface area contributed by atoms with Gasteiger partial charge in [-0.25, -0.2) is 0 Å². The molecular formula is C27H50N6O10. The minimum atomic E-state index is -1.03. The second-order valence-electron chi connectivity index (χ2n) is 10.9. The Hall–Kier alpha value is -2.89. The Balaban J connectivity index is 2.68. The fourth-order valence-corrected chi connectivity index (χ4v) is 4.63. The first kappa shape index (κ1) is 38.1. The molecule has 0 spiro atoms. The molecule has 2 atom stereocenters. The topological polar surface area (TPSA) is 224 Å². The van der Waals surface area contributed by atoms with Gasteiger partial charge in [-0.1, -0.05) is 13.3 Å². The maximum Gasteiger partial charge on any atom is 0.317 e. The van der Waals surface area contributed by atoms with Crippen LogP contribution in [0.25, 0.3) is 0 Å². The molecule has 7 N–H and O–H groups in total. The number of unbranched alkanes of at least 4 members (excludes halogenated alkanes) is 1. The highest BCUT2D eigenvalue weighted by molar-refractivity contribution is 5.78. The van der Waals surface area contributed by atoms with Crippen LogP contribution in [-0.2, 0) is 24.0 Å². The fraction of sp³-hybridized carbons (Fsp3) is 0.815. The summed E-state index contributed by atoms with van der Waals surface area (Å²) >= 11 is 0. The first-order valence-electron chi connectivity index (χ1n) is 14.8. The van der Waals surface area contributed by atoms with Crippen molar-refractivity contribution in [3.05, 3.63) is 0 Å². The van der Waals surface area contributed by atoms with Crippen molar-refractivity contribution in [2.45, 2.75) is 51.2 Å². The molecule has 0 aromatic rings. The van der Waals surface area contributed by atoms with Gasteiger partial charge >= 0.3 is 17.9 Å². The quantitative estimate of drug-likeness (QED) is 0.0782. The summed E-state index contributed by atoms with van der Waals surface area (Å²) in [6, 6.07) is 0. The second-order valence-corrected chi connectivity index (χ2v) is 10.9. The first-order chi connectivity index (χ1) is 20.4. The minimum Gasteiger partial charge on any atom is -0.480 e. The molecule has 0 aromatic carbocycles. The lowest BCUT2D eigenvalue weighted by molar-refractivity contribution is -0.140. The number of hydrogen-bond acceptors (Lipinski definition) is 11. The van der Waals surface area contributed by atoms with E-state index in [9.17, 15) is 49.5 Å². The summed E-state index contributed by atoms with van der Waals surface area (Å²) in [4.78, 5) is 65.4. The van der Waals surface area contributed by atoms with E-state index in [0.717, 1.165) is 12.8 Å². The van der Waals surface area contributed by atoms with Gasteiger partial charge in [0.05, 0.1) is 44.8 Å². The predicted octanol–water partition coefficient (Wildman–Crippen LogP) is -2.61. The number of hydrogen-bond donors (Lipinski definition) is 7. The van der Waals surface area contributed by atoms with Gasteiger partial charge in [-0.15, -0.1) is 0 Å². The summed E-state index contributed by atoms with van der Waals surface area (Å²) in [6.45, 7) is 4.21. The standard InChI is InChI=1S/C27H50N6O10/c1-2-3-5-28-23(36)16-22(35)15-21(34)4-6-29-24(37)17-30-7-9-31(18-25(38)39)11-13-33(20-27(42)43)14-12-32(10-8-30)19-26(40)41/h21-22,34-35H,2-20H2,1H3,(H,28,36)(H,29,37)(H,38,39)(H,40,41)(H,42,43). The van der Waals surface area contributed by atoms with E-state index in [1.54, 1.807) is 19.6 Å². The zero-order valence-electron chi connectivity index (χ0n) is 25.2. The minimum absolute atomic E-state index is 0.00803. The van der Waals surface area contributed by atoms with E-state index in [2.05, 4.69) is 10.6 Å². The first-order valence-corrected chi connectivity index (χ1v) is 14.8. The molecule has 43 heavy (non-hydrogen) atoms. The third-order valence-electron chi connectivity index (χ3n) is 6.99. The third kappa shape index (κ3) is 19.8. The number of carboxylic acids is 3. The normalized spacial score (nSPS) is 18.1. The Morgan fingerprint density at radius 3 is 1.40 bits per heavy atom. The molecule has 0 saturated carbocycles. The molecule has 2 amide bonds. The number of aliphatic hydroxyl groups excluding tert-OH is 2. The molecule has 1 aliphatic rings. The van der Waals surface area contributed by atoms with Gasteiger partial charge in [-0.3, -0.25) is 43.6 Å². The van der Waals surface area contributed by atoms with E-state index in [1.165, 1.54) is 0 Å². The van der Waals surface area contributed by atoms with E-state index < -0.39 is 30.1 Å². The van der Waals surface area contributed by atoms with E-state index in [0.29, 0.717) is 32.7 Å². The highest BCUT2D eigenvalue weighted by Gasteiger charge is 2.21. The summed E-state index contributed by atoms with van der Waals surface area (Å²) in [5.41, 5.74) is 0. The van der Waals surface area contributed by atoms with Crippen molar-refractivity contribution < 1.29 is 49.5 Å². The van der Waals surface area contributed by atoms with E-state index in [4.69, 9.17) is 0 Å². The summed E-state index contributed by atoms with van der Waals surface area (Å²) in [5, 5.41) is 53.7. The van der Waals surface area contributed by atoms with Crippen LogP contribution >= 0.6 is 0 Å². The van der Waals surface area contributed by atoms with Gasteiger partial charge in [0.1, 0.15) is 0 Å². The molecule has 0 aliphatic carbocycles. The van der Waals surface area contributed by atoms with Gasteiger partial charge < -0.3 is 36.2 Å². The number of nitrogens with zero attached hydrogens (tertiary/aromatic N) is 4. The highest BCUT2D eigenvalue weighted by atomic mass is 16.4. The lowest BCUT2D eigenvalue weighted by Gasteiger charge is -2.32. The molecule has 1 aliphatic heterocycles. The number of carboxylic acid groups (broad SMARTS) is 3. The SMILES string of the molecule is CCCCNC(=O)CC(O)CC(O)CCNC(=O)CN1CCN(CC(=O)O)CCN(CC(=O)O)CCN(CC(=O)O)CC1. The zero-order valence-corrected chi connectivity index (χ0v) is 25.2. The maximum absolute atomic E-state index is 12.7. The maximum atomic E-state index is 12.7. The van der Waals surface area contributed by atoms with E-state index in [1.807, 2.05) is 6.92 Å².